The van der Waals surface area contributed by atoms with E-state index in [4.69, 9.17) is 5.73 Å². The van der Waals surface area contributed by atoms with Crippen LogP contribution in [0.25, 0.3) is 11.4 Å². The second kappa shape index (κ2) is 7.54. The number of hydrogen-bond acceptors (Lipinski definition) is 5. The van der Waals surface area contributed by atoms with Crippen molar-refractivity contribution < 1.29 is 9.18 Å². The van der Waals surface area contributed by atoms with Crippen molar-refractivity contribution in [3.63, 3.8) is 0 Å². The number of nitrogens with zero attached hydrogens (tertiary/aromatic N) is 3. The predicted octanol–water partition coefficient (Wildman–Crippen LogP) is 1.98. The Balaban J connectivity index is 1.68. The van der Waals surface area contributed by atoms with Gasteiger partial charge in [0.15, 0.2) is 5.82 Å². The number of hydrogen-bond donors (Lipinski definition) is 2. The van der Waals surface area contributed by atoms with Crippen molar-refractivity contribution in [2.75, 3.05) is 6.54 Å². The first kappa shape index (κ1) is 17.2. The minimum Gasteiger partial charge on any atom is -0.347 e. The Kier molecular flexibility index (Phi) is 5.20. The zero-order valence-corrected chi connectivity index (χ0v) is 14.5. The van der Waals surface area contributed by atoms with Crippen molar-refractivity contribution in [2.24, 2.45) is 12.8 Å². The second-order valence-corrected chi connectivity index (χ2v) is 6.56. The van der Waals surface area contributed by atoms with Crippen LogP contribution in [-0.2, 0) is 13.5 Å². The molecule has 0 aliphatic heterocycles. The number of carbonyl (C=O) groups is 1. The smallest absolute Gasteiger partial charge is 0.261 e. The number of nitrogens with two attached hydrogens (primary N) is 1. The third-order valence-corrected chi connectivity index (χ3v) is 4.71. The molecule has 25 heavy (non-hydrogen) atoms. The van der Waals surface area contributed by atoms with Crippen LogP contribution in [-0.4, -0.2) is 33.3 Å². The molecule has 0 aliphatic carbocycles. The zero-order chi connectivity index (χ0) is 17.8. The summed E-state index contributed by atoms with van der Waals surface area (Å²) in [5.41, 5.74) is 7.39. The number of nitrogens with one attached hydrogen (secondary N) is 1. The van der Waals surface area contributed by atoms with Crippen molar-refractivity contribution in [2.45, 2.75) is 12.5 Å². The number of aromatic nitrogens is 3. The first-order valence-electron chi connectivity index (χ1n) is 7.75. The number of benzene rings is 1. The van der Waals surface area contributed by atoms with Gasteiger partial charge >= 0.3 is 0 Å². The predicted molar refractivity (Wildman–Crippen MR) is 94.7 cm³/mol. The fourth-order valence-corrected chi connectivity index (χ4v) is 3.32. The summed E-state index contributed by atoms with van der Waals surface area (Å²) in [6.07, 6.45) is 1.94. The van der Waals surface area contributed by atoms with Crippen LogP contribution in [0, 0.1) is 5.82 Å². The Morgan fingerprint density at radius 2 is 2.28 bits per heavy atom. The lowest BCUT2D eigenvalue weighted by molar-refractivity contribution is 0.0942. The average molecular weight is 359 g/mol. The molecule has 2 heterocycles. The Labute approximate surface area is 148 Å². The fourth-order valence-electron chi connectivity index (χ4n) is 2.53. The molecule has 0 fully saturated rings. The summed E-state index contributed by atoms with van der Waals surface area (Å²) in [7, 11) is 1.79. The molecule has 3 rings (SSSR count). The molecule has 0 bridgehead atoms. The van der Waals surface area contributed by atoms with Gasteiger partial charge in [0.25, 0.3) is 5.91 Å². The largest absolute Gasteiger partial charge is 0.347 e. The van der Waals surface area contributed by atoms with Crippen molar-refractivity contribution in [1.82, 2.24) is 20.1 Å². The van der Waals surface area contributed by atoms with Crippen molar-refractivity contribution in [1.29, 1.82) is 0 Å². The van der Waals surface area contributed by atoms with E-state index in [1.807, 2.05) is 11.4 Å². The molecule has 1 unspecified atom stereocenters. The molecule has 6 nitrogen and oxygen atoms in total. The summed E-state index contributed by atoms with van der Waals surface area (Å²) in [5.74, 6) is 0.196. The van der Waals surface area contributed by atoms with E-state index in [1.165, 1.54) is 29.8 Å². The summed E-state index contributed by atoms with van der Waals surface area (Å²) < 4.78 is 14.9. The van der Waals surface area contributed by atoms with E-state index in [0.717, 1.165) is 11.1 Å². The Morgan fingerprint density at radius 1 is 1.44 bits per heavy atom. The van der Waals surface area contributed by atoms with E-state index in [1.54, 1.807) is 23.9 Å². The molecule has 3 N–H and O–H groups in total. The van der Waals surface area contributed by atoms with Gasteiger partial charge in [-0.05, 0) is 30.2 Å². The van der Waals surface area contributed by atoms with Gasteiger partial charge in [-0.3, -0.25) is 4.79 Å². The lowest BCUT2D eigenvalue weighted by Gasteiger charge is -2.16. The van der Waals surface area contributed by atoms with Gasteiger partial charge in [-0.1, -0.05) is 12.1 Å². The molecule has 0 spiro atoms. The standard InChI is InChI=1S/C17H18FN5OS/c1-23-16(20-10-21-23)12-7-15(25-9-12)17(24)22-14(8-19)6-11-3-2-4-13(18)5-11/h2-5,7,9-10,14H,6,8,19H2,1H3,(H,22,24). The van der Waals surface area contributed by atoms with Crippen LogP contribution >= 0.6 is 11.3 Å². The van der Waals surface area contributed by atoms with Gasteiger partial charge in [0.05, 0.1) is 4.88 Å². The van der Waals surface area contributed by atoms with Gasteiger partial charge in [0.2, 0.25) is 0 Å². The van der Waals surface area contributed by atoms with E-state index in [9.17, 15) is 9.18 Å². The van der Waals surface area contributed by atoms with Crippen LogP contribution in [0.3, 0.4) is 0 Å². The van der Waals surface area contributed by atoms with Crippen molar-refractivity contribution in [3.05, 3.63) is 58.3 Å². The molecule has 0 aliphatic rings. The molecule has 1 aromatic carbocycles. The first-order valence-corrected chi connectivity index (χ1v) is 8.63. The van der Waals surface area contributed by atoms with Gasteiger partial charge in [-0.2, -0.15) is 5.10 Å². The number of thiophene rings is 1. The van der Waals surface area contributed by atoms with Crippen LogP contribution in [0.5, 0.6) is 0 Å². The highest BCUT2D eigenvalue weighted by atomic mass is 32.1. The SMILES string of the molecule is Cn1ncnc1-c1csc(C(=O)NC(CN)Cc2cccc(F)c2)c1. The average Bonchev–Trinajstić information content (AvgIpc) is 3.22. The summed E-state index contributed by atoms with van der Waals surface area (Å²) >= 11 is 1.33. The van der Waals surface area contributed by atoms with Crippen LogP contribution in [0.15, 0.2) is 42.0 Å². The quantitative estimate of drug-likeness (QED) is 0.705. The van der Waals surface area contributed by atoms with E-state index < -0.39 is 0 Å². The maximum Gasteiger partial charge on any atom is 0.261 e. The third kappa shape index (κ3) is 4.09. The van der Waals surface area contributed by atoms with Gasteiger partial charge in [0.1, 0.15) is 12.1 Å². The number of halogens is 1. The third-order valence-electron chi connectivity index (χ3n) is 3.78. The van der Waals surface area contributed by atoms with E-state index >= 15 is 0 Å². The second-order valence-electron chi connectivity index (χ2n) is 5.65. The van der Waals surface area contributed by atoms with Gasteiger partial charge in [-0.25, -0.2) is 14.1 Å². The Morgan fingerprint density at radius 3 is 2.96 bits per heavy atom. The van der Waals surface area contributed by atoms with Gasteiger partial charge in [-0.15, -0.1) is 11.3 Å². The van der Waals surface area contributed by atoms with Crippen molar-refractivity contribution in [3.8, 4) is 11.4 Å². The zero-order valence-electron chi connectivity index (χ0n) is 13.6. The van der Waals surface area contributed by atoms with Crippen LogP contribution < -0.4 is 11.1 Å². The molecule has 3 aromatic rings. The minimum absolute atomic E-state index is 0.203. The summed E-state index contributed by atoms with van der Waals surface area (Å²) in [5, 5.41) is 8.79. The molecule has 1 atom stereocenters. The molecular formula is C17H18FN5OS. The maximum absolute atomic E-state index is 13.3. The monoisotopic (exact) mass is 359 g/mol. The van der Waals surface area contributed by atoms with E-state index in [0.29, 0.717) is 17.1 Å². The Hall–Kier alpha value is -2.58. The van der Waals surface area contributed by atoms with E-state index in [-0.39, 0.29) is 24.3 Å². The number of carbonyl (C=O) groups excluding carboxylic acids is 1. The maximum atomic E-state index is 13.3. The number of rotatable bonds is 6. The molecule has 2 aromatic heterocycles. The van der Waals surface area contributed by atoms with E-state index in [2.05, 4.69) is 15.4 Å². The highest BCUT2D eigenvalue weighted by Crippen LogP contribution is 2.23. The van der Waals surface area contributed by atoms with Crippen LogP contribution in [0.4, 0.5) is 4.39 Å². The lowest BCUT2D eigenvalue weighted by Crippen LogP contribution is -2.41. The first-order chi connectivity index (χ1) is 12.1. The number of aryl methyl sites for hydroxylation is 1. The number of amides is 1. The Bertz CT molecular complexity index is 875. The molecular weight excluding hydrogens is 341 g/mol. The molecule has 0 saturated heterocycles. The highest BCUT2D eigenvalue weighted by Gasteiger charge is 2.16. The molecule has 8 heteroatoms. The van der Waals surface area contributed by atoms with Gasteiger partial charge < -0.3 is 11.1 Å². The minimum atomic E-state index is -0.300. The normalized spacial score (nSPS) is 12.1. The molecule has 1 amide bonds. The fraction of sp³-hybridized carbons (Fsp3) is 0.235. The van der Waals surface area contributed by atoms with Crippen molar-refractivity contribution >= 4 is 17.2 Å². The molecule has 0 saturated carbocycles. The van der Waals surface area contributed by atoms with Crippen LogP contribution in [0.1, 0.15) is 15.2 Å². The molecule has 130 valence electrons. The summed E-state index contributed by atoms with van der Waals surface area (Å²) in [6, 6.07) is 7.81. The van der Waals surface area contributed by atoms with Gasteiger partial charge in [0, 0.05) is 30.6 Å². The summed E-state index contributed by atoms with van der Waals surface area (Å²) in [4.78, 5) is 17.2. The van der Waals surface area contributed by atoms with Crippen LogP contribution in [0.2, 0.25) is 0 Å². The lowest BCUT2D eigenvalue weighted by atomic mass is 10.1. The topological polar surface area (TPSA) is 85.8 Å². The highest BCUT2D eigenvalue weighted by molar-refractivity contribution is 7.12. The molecule has 0 radical (unpaired) electrons. The summed E-state index contributed by atoms with van der Waals surface area (Å²) in [6.45, 7) is 0.268.